The molecule has 0 aliphatic carbocycles. The minimum Gasteiger partial charge on any atom is -0.494 e. The van der Waals surface area contributed by atoms with Crippen LogP contribution in [0.25, 0.3) is 0 Å². The number of sulfonamides is 1. The summed E-state index contributed by atoms with van der Waals surface area (Å²) in [6.45, 7) is 5.69. The Hall–Kier alpha value is -2.38. The van der Waals surface area contributed by atoms with Crippen molar-refractivity contribution in [2.24, 2.45) is 5.41 Å². The van der Waals surface area contributed by atoms with E-state index in [4.69, 9.17) is 9.84 Å². The van der Waals surface area contributed by atoms with Crippen LogP contribution in [-0.2, 0) is 21.2 Å². The van der Waals surface area contributed by atoms with E-state index in [0.29, 0.717) is 31.6 Å². The first-order chi connectivity index (χ1) is 13.6. The second-order valence-electron chi connectivity index (χ2n) is 7.82. The van der Waals surface area contributed by atoms with Crippen molar-refractivity contribution in [2.45, 2.75) is 51.0 Å². The second-order valence-corrected chi connectivity index (χ2v) is 9.54. The molecule has 0 saturated carbocycles. The quantitative estimate of drug-likeness (QED) is 0.540. The number of ether oxygens (including phenoxy) is 1. The van der Waals surface area contributed by atoms with E-state index in [9.17, 15) is 13.2 Å². The van der Waals surface area contributed by atoms with Crippen LogP contribution in [-0.4, -0.2) is 32.1 Å². The van der Waals surface area contributed by atoms with Gasteiger partial charge in [0, 0.05) is 6.04 Å². The average molecular weight is 420 g/mol. The molecule has 0 radical (unpaired) electrons. The molecule has 0 spiro atoms. The van der Waals surface area contributed by atoms with Crippen molar-refractivity contribution in [1.82, 2.24) is 4.72 Å². The highest BCUT2D eigenvalue weighted by Gasteiger charge is 2.26. The Morgan fingerprint density at radius 2 is 1.72 bits per heavy atom. The van der Waals surface area contributed by atoms with Crippen LogP contribution in [0.4, 0.5) is 0 Å². The highest BCUT2D eigenvalue weighted by Crippen LogP contribution is 2.23. The number of carboxylic acid groups (broad SMARTS) is 1. The molecule has 0 saturated heterocycles. The summed E-state index contributed by atoms with van der Waals surface area (Å²) < 4.78 is 33.1. The van der Waals surface area contributed by atoms with Gasteiger partial charge in [0.25, 0.3) is 0 Å². The lowest BCUT2D eigenvalue weighted by atomic mass is 9.88. The van der Waals surface area contributed by atoms with E-state index in [2.05, 4.69) is 4.72 Å². The minimum atomic E-state index is -3.54. The maximum atomic E-state index is 12.4. The second kappa shape index (κ2) is 9.89. The lowest BCUT2D eigenvalue weighted by Gasteiger charge is -2.18. The highest BCUT2D eigenvalue weighted by molar-refractivity contribution is 7.89. The number of hydrogen-bond donors (Lipinski definition) is 2. The van der Waals surface area contributed by atoms with Crippen LogP contribution in [0.5, 0.6) is 5.75 Å². The van der Waals surface area contributed by atoms with Gasteiger partial charge in [0.05, 0.1) is 16.9 Å². The molecule has 1 atom stereocenters. The monoisotopic (exact) mass is 419 g/mol. The van der Waals surface area contributed by atoms with Crippen molar-refractivity contribution in [2.75, 3.05) is 6.61 Å². The van der Waals surface area contributed by atoms with Gasteiger partial charge in [0.2, 0.25) is 10.0 Å². The van der Waals surface area contributed by atoms with E-state index in [0.717, 1.165) is 5.56 Å². The highest BCUT2D eigenvalue weighted by atomic mass is 32.2. The molecule has 2 rings (SSSR count). The smallest absolute Gasteiger partial charge is 0.309 e. The van der Waals surface area contributed by atoms with Crippen LogP contribution < -0.4 is 9.46 Å². The molecule has 2 aromatic rings. The summed E-state index contributed by atoms with van der Waals surface area (Å²) in [6.07, 6.45) is 1.75. The summed E-state index contributed by atoms with van der Waals surface area (Å²) in [6, 6.07) is 15.5. The molecule has 0 fully saturated rings. The van der Waals surface area contributed by atoms with Crippen molar-refractivity contribution in [3.05, 3.63) is 60.2 Å². The Morgan fingerprint density at radius 3 is 2.31 bits per heavy atom. The molecule has 0 aromatic heterocycles. The van der Waals surface area contributed by atoms with Gasteiger partial charge in [-0.2, -0.15) is 0 Å². The Bertz CT molecular complexity index is 893. The lowest BCUT2D eigenvalue weighted by Crippen LogP contribution is -2.34. The third-order valence-corrected chi connectivity index (χ3v) is 6.27. The zero-order valence-electron chi connectivity index (χ0n) is 17.1. The van der Waals surface area contributed by atoms with Gasteiger partial charge in [-0.1, -0.05) is 30.3 Å². The van der Waals surface area contributed by atoms with Crippen molar-refractivity contribution in [3.8, 4) is 5.75 Å². The summed E-state index contributed by atoms with van der Waals surface area (Å²) in [4.78, 5) is 11.3. The number of rotatable bonds is 11. The van der Waals surface area contributed by atoms with Gasteiger partial charge in [-0.15, -0.1) is 0 Å². The van der Waals surface area contributed by atoms with Gasteiger partial charge >= 0.3 is 5.97 Å². The summed E-state index contributed by atoms with van der Waals surface area (Å²) >= 11 is 0. The molecular formula is C22H29NO5S. The maximum absolute atomic E-state index is 12.4. The molecule has 2 aromatic carbocycles. The molecule has 6 nitrogen and oxygen atoms in total. The van der Waals surface area contributed by atoms with E-state index in [1.54, 1.807) is 44.2 Å². The van der Waals surface area contributed by atoms with Crippen LogP contribution in [0.15, 0.2) is 59.5 Å². The van der Waals surface area contributed by atoms with E-state index in [1.807, 2.05) is 31.2 Å². The van der Waals surface area contributed by atoms with Gasteiger partial charge in [-0.05, 0) is 69.9 Å². The molecule has 0 aliphatic rings. The van der Waals surface area contributed by atoms with Crippen molar-refractivity contribution >= 4 is 16.0 Å². The number of hydrogen-bond acceptors (Lipinski definition) is 4. The standard InChI is InChI=1S/C22H29NO5S/c1-17(23-29(26,27)20-8-5-4-6-9-20)16-18-10-12-19(13-11-18)28-15-7-14-22(2,3)21(24)25/h4-6,8-13,17,23H,7,14-16H2,1-3H3,(H,24,25)/t17-/m0/s1. The van der Waals surface area contributed by atoms with Crippen LogP contribution in [0, 0.1) is 5.41 Å². The van der Waals surface area contributed by atoms with E-state index in [-0.39, 0.29) is 10.9 Å². The summed E-state index contributed by atoms with van der Waals surface area (Å²) in [5.41, 5.74) is 0.240. The Balaban J connectivity index is 1.82. The fraction of sp³-hybridized carbons (Fsp3) is 0.409. The predicted octanol–water partition coefficient (Wildman–Crippen LogP) is 3.87. The fourth-order valence-electron chi connectivity index (χ4n) is 2.86. The van der Waals surface area contributed by atoms with Gasteiger partial charge in [-0.25, -0.2) is 13.1 Å². The van der Waals surface area contributed by atoms with Gasteiger partial charge in [0.1, 0.15) is 5.75 Å². The van der Waals surface area contributed by atoms with E-state index in [1.165, 1.54) is 0 Å². The Labute approximate surface area is 173 Å². The molecule has 0 heterocycles. The molecule has 0 amide bonds. The molecule has 0 bridgehead atoms. The summed E-state index contributed by atoms with van der Waals surface area (Å²) in [5, 5.41) is 9.11. The minimum absolute atomic E-state index is 0.252. The zero-order chi connectivity index (χ0) is 21.5. The zero-order valence-corrected chi connectivity index (χ0v) is 17.9. The predicted molar refractivity (Wildman–Crippen MR) is 113 cm³/mol. The first-order valence-corrected chi connectivity index (χ1v) is 11.1. The summed E-state index contributed by atoms with van der Waals surface area (Å²) in [7, 11) is -3.54. The molecule has 7 heteroatoms. The van der Waals surface area contributed by atoms with Crippen LogP contribution >= 0.6 is 0 Å². The molecule has 2 N–H and O–H groups in total. The van der Waals surface area contributed by atoms with Gasteiger partial charge in [0.15, 0.2) is 0 Å². The number of nitrogens with one attached hydrogen (secondary N) is 1. The number of aliphatic carboxylic acids is 1. The number of carbonyl (C=O) groups is 1. The summed E-state index contributed by atoms with van der Waals surface area (Å²) in [5.74, 6) is -0.0988. The largest absolute Gasteiger partial charge is 0.494 e. The third-order valence-electron chi connectivity index (χ3n) is 4.67. The third kappa shape index (κ3) is 7.18. The molecular weight excluding hydrogens is 390 g/mol. The van der Waals surface area contributed by atoms with Crippen LogP contribution in [0.2, 0.25) is 0 Å². The molecule has 0 aliphatic heterocycles. The van der Waals surface area contributed by atoms with Gasteiger partial charge < -0.3 is 9.84 Å². The number of carboxylic acids is 1. The topological polar surface area (TPSA) is 92.7 Å². The van der Waals surface area contributed by atoms with Crippen LogP contribution in [0.1, 0.15) is 39.2 Å². The van der Waals surface area contributed by atoms with Gasteiger partial charge in [-0.3, -0.25) is 4.79 Å². The Morgan fingerprint density at radius 1 is 1.10 bits per heavy atom. The molecule has 158 valence electrons. The maximum Gasteiger partial charge on any atom is 0.309 e. The van der Waals surface area contributed by atoms with Crippen molar-refractivity contribution in [3.63, 3.8) is 0 Å². The first-order valence-electron chi connectivity index (χ1n) is 9.63. The number of benzene rings is 2. The van der Waals surface area contributed by atoms with Crippen molar-refractivity contribution < 1.29 is 23.1 Å². The average Bonchev–Trinajstić information content (AvgIpc) is 2.66. The van der Waals surface area contributed by atoms with E-state index >= 15 is 0 Å². The normalized spacial score (nSPS) is 13.1. The van der Waals surface area contributed by atoms with Crippen molar-refractivity contribution in [1.29, 1.82) is 0 Å². The molecule has 29 heavy (non-hydrogen) atoms. The fourth-order valence-corrected chi connectivity index (χ4v) is 4.13. The van der Waals surface area contributed by atoms with E-state index < -0.39 is 21.4 Å². The Kier molecular flexibility index (Phi) is 7.81. The lowest BCUT2D eigenvalue weighted by molar-refractivity contribution is -0.147. The van der Waals surface area contributed by atoms with Crippen LogP contribution in [0.3, 0.4) is 0 Å². The first kappa shape index (κ1) is 22.9. The SMILES string of the molecule is C[C@@H](Cc1ccc(OCCCC(C)(C)C(=O)O)cc1)NS(=O)(=O)c1ccccc1. The molecule has 0 unspecified atom stereocenters.